The van der Waals surface area contributed by atoms with Crippen LogP contribution in [-0.2, 0) is 48.7 Å². The van der Waals surface area contributed by atoms with Crippen LogP contribution in [-0.4, -0.2) is 73.1 Å². The predicted octanol–water partition coefficient (Wildman–Crippen LogP) is 34.6. The van der Waals surface area contributed by atoms with Crippen LogP contribution in [0.1, 0.15) is 466 Å². The third kappa shape index (κ3) is 16.6. The second-order valence-electron chi connectivity index (χ2n) is 55.9. The first-order chi connectivity index (χ1) is 58.9. The highest BCUT2D eigenvalue weighted by atomic mass is 28.3. The van der Waals surface area contributed by atoms with Gasteiger partial charge in [0.05, 0.1) is 0 Å². The SMILES string of the molecule is CC1(C)CCC(C)(C)c2cc3c(cc21)C1=CC2CCC([Si](C)(C)N(C4CCCCC4)C(C)(C)C)C2C=C1C3(C)C.CC1CC2C=C3C(=CC2C1[Si](C)(C)N(C1CCCCC1)C(C)(C)C)C(C)(C)c1cc2c(cc13)C(C)(C)CCC2(C)C.CCCCC1(CCCC)C2=CC3C(C=C2c2cc4c(cc21)C(C)(C)CCC4(C)C)CCC3[Si](C)(C)N(C1CCCCC1)C(C)(C)C. The monoisotopic (exact) mass is 1770 g/mol. The molecule has 0 N–H and O–H groups in total. The van der Waals surface area contributed by atoms with E-state index in [0.717, 1.165) is 40.7 Å². The lowest BCUT2D eigenvalue weighted by molar-refractivity contribution is 0.138. The highest BCUT2D eigenvalue weighted by Crippen LogP contribution is 2.68. The summed E-state index contributed by atoms with van der Waals surface area (Å²) in [6.45, 7) is 86.9. The van der Waals surface area contributed by atoms with Gasteiger partial charge in [-0.1, -0.05) is 340 Å². The van der Waals surface area contributed by atoms with Crippen LogP contribution in [0, 0.1) is 41.4 Å². The fraction of sp³-hybridized carbons (Fsp3) is 0.752. The number of hydrogen-bond donors (Lipinski definition) is 0. The molecule has 127 heavy (non-hydrogen) atoms. The molecule has 0 saturated heterocycles. The van der Waals surface area contributed by atoms with Gasteiger partial charge in [0, 0.05) is 51.0 Å². The summed E-state index contributed by atoms with van der Waals surface area (Å²) < 4.78 is 9.46. The van der Waals surface area contributed by atoms with Crippen molar-refractivity contribution in [3.63, 3.8) is 0 Å². The van der Waals surface area contributed by atoms with Crippen molar-refractivity contribution in [1.82, 2.24) is 13.7 Å². The summed E-state index contributed by atoms with van der Waals surface area (Å²) >= 11 is 0. The van der Waals surface area contributed by atoms with Crippen molar-refractivity contribution in [2.75, 3.05) is 0 Å². The largest absolute Gasteiger partial charge is 0.316 e. The molecule has 0 aliphatic heterocycles. The van der Waals surface area contributed by atoms with Crippen molar-refractivity contribution in [2.45, 2.75) is 539 Å². The van der Waals surface area contributed by atoms with Gasteiger partial charge in [0.1, 0.15) is 24.7 Å². The van der Waals surface area contributed by atoms with Crippen molar-refractivity contribution in [1.29, 1.82) is 0 Å². The number of allylic oxidation sites excluding steroid dienone is 12. The molecule has 702 valence electrons. The van der Waals surface area contributed by atoms with E-state index in [4.69, 9.17) is 0 Å². The Kier molecular flexibility index (Phi) is 25.5. The van der Waals surface area contributed by atoms with Crippen molar-refractivity contribution in [2.24, 2.45) is 41.4 Å². The third-order valence-electron chi connectivity index (χ3n) is 39.8. The van der Waals surface area contributed by atoms with E-state index in [-0.39, 0.29) is 65.4 Å². The van der Waals surface area contributed by atoms with Gasteiger partial charge in [0.25, 0.3) is 0 Å². The second-order valence-corrected chi connectivity index (χ2v) is 69.5. The Labute approximate surface area is 786 Å². The maximum Gasteiger partial charge on any atom is 0.127 e. The van der Waals surface area contributed by atoms with E-state index in [9.17, 15) is 0 Å². The van der Waals surface area contributed by atoms with Crippen LogP contribution in [0.15, 0.2) is 89.6 Å². The Morgan fingerprint density at radius 1 is 0.315 bits per heavy atom. The van der Waals surface area contributed by atoms with Crippen molar-refractivity contribution >= 4 is 41.4 Å². The number of hydrogen-bond acceptors (Lipinski definition) is 3. The van der Waals surface area contributed by atoms with Crippen LogP contribution < -0.4 is 0 Å². The van der Waals surface area contributed by atoms with Gasteiger partial charge in [0.2, 0.25) is 0 Å². The molecule has 6 heteroatoms. The summed E-state index contributed by atoms with van der Waals surface area (Å²) in [5.74, 6) is 5.03. The Bertz CT molecular complexity index is 4810. The molecule has 3 aromatic carbocycles. The Balaban J connectivity index is 0.000000140. The fourth-order valence-corrected chi connectivity index (χ4v) is 50.7. The van der Waals surface area contributed by atoms with Gasteiger partial charge in [-0.15, -0.1) is 0 Å². The Hall–Kier alpha value is -3.37. The van der Waals surface area contributed by atoms with Crippen LogP contribution in [0.5, 0.6) is 0 Å². The van der Waals surface area contributed by atoms with E-state index < -0.39 is 24.7 Å². The van der Waals surface area contributed by atoms with Gasteiger partial charge < -0.3 is 13.7 Å². The van der Waals surface area contributed by atoms with E-state index >= 15 is 0 Å². The first-order valence-electron chi connectivity index (χ1n) is 54.2. The average Bonchev–Trinajstić information content (AvgIpc) is 1.54. The van der Waals surface area contributed by atoms with Gasteiger partial charge in [-0.25, -0.2) is 0 Å². The molecule has 0 spiro atoms. The van der Waals surface area contributed by atoms with Gasteiger partial charge >= 0.3 is 0 Å². The molecule has 3 nitrogen and oxygen atoms in total. The zero-order valence-corrected chi connectivity index (χ0v) is 91.9. The molecule has 6 fully saturated rings. The molecule has 15 aliphatic carbocycles. The molecular formula is C121H191N3Si3. The van der Waals surface area contributed by atoms with Gasteiger partial charge in [-0.3, -0.25) is 0 Å². The highest BCUT2D eigenvalue weighted by Gasteiger charge is 2.61. The van der Waals surface area contributed by atoms with Crippen molar-refractivity contribution in [3.05, 3.63) is 156 Å². The molecule has 0 radical (unpaired) electrons. The lowest BCUT2D eigenvalue weighted by Crippen LogP contribution is -2.65. The smallest absolute Gasteiger partial charge is 0.127 e. The zero-order valence-electron chi connectivity index (χ0n) is 88.9. The number of nitrogens with zero attached hydrogens (tertiary/aromatic N) is 3. The number of benzene rings is 3. The molecule has 10 unspecified atom stereocenters. The first-order valence-corrected chi connectivity index (χ1v) is 63.3. The molecule has 3 aromatic rings. The number of rotatable bonds is 15. The van der Waals surface area contributed by atoms with Crippen LogP contribution in [0.4, 0.5) is 0 Å². The molecule has 10 atom stereocenters. The van der Waals surface area contributed by atoms with Gasteiger partial charge in [-0.2, -0.15) is 0 Å². The fourth-order valence-electron chi connectivity index (χ4n) is 33.7. The van der Waals surface area contributed by atoms with Gasteiger partial charge in [0.15, 0.2) is 0 Å². The van der Waals surface area contributed by atoms with Crippen LogP contribution in [0.2, 0.25) is 55.9 Å². The summed E-state index contributed by atoms with van der Waals surface area (Å²) in [4.78, 5) is 0. The minimum Gasteiger partial charge on any atom is -0.316 e. The lowest BCUT2D eigenvalue weighted by atomic mass is 9.61. The van der Waals surface area contributed by atoms with Crippen molar-refractivity contribution < 1.29 is 0 Å². The second kappa shape index (κ2) is 33.5. The van der Waals surface area contributed by atoms with E-state index in [1.165, 1.54) is 205 Å². The minimum atomic E-state index is -1.76. The molecular weight excluding hydrogens is 1580 g/mol. The zero-order chi connectivity index (χ0) is 92.2. The normalized spacial score (nSPS) is 30.3. The average molecular weight is 1770 g/mol. The Morgan fingerprint density at radius 3 is 0.929 bits per heavy atom. The predicted molar refractivity (Wildman–Crippen MR) is 562 cm³/mol. The summed E-state index contributed by atoms with van der Waals surface area (Å²) in [7, 11) is -5.22. The molecule has 6 saturated carbocycles. The summed E-state index contributed by atoms with van der Waals surface area (Å²) in [5, 5.41) is 0. The van der Waals surface area contributed by atoms with E-state index in [2.05, 4.69) is 320 Å². The lowest BCUT2D eigenvalue weighted by Gasteiger charge is -2.56. The molecule has 0 bridgehead atoms. The number of unbranched alkanes of at least 4 members (excludes halogenated alkanes) is 2. The summed E-state index contributed by atoms with van der Waals surface area (Å²) in [6, 6.07) is 18.6. The topological polar surface area (TPSA) is 9.72 Å². The molecule has 15 aliphatic rings. The van der Waals surface area contributed by atoms with Gasteiger partial charge in [-0.05, 0) is 362 Å². The summed E-state index contributed by atoms with van der Waals surface area (Å²) in [5.41, 5.74) is 34.6. The molecule has 18 rings (SSSR count). The van der Waals surface area contributed by atoms with E-state index in [1.54, 1.807) is 100 Å². The van der Waals surface area contributed by atoms with Crippen LogP contribution in [0.3, 0.4) is 0 Å². The van der Waals surface area contributed by atoms with Crippen LogP contribution >= 0.6 is 0 Å². The maximum absolute atomic E-state index is 3.17. The number of fused-ring (bicyclic) bond motifs is 15. The first kappa shape index (κ1) is 96.7. The van der Waals surface area contributed by atoms with Crippen molar-refractivity contribution in [3.8, 4) is 0 Å². The molecule has 0 heterocycles. The summed E-state index contributed by atoms with van der Waals surface area (Å²) in [6.07, 6.45) is 61.1. The molecule has 0 aromatic heterocycles. The Morgan fingerprint density at radius 2 is 0.598 bits per heavy atom. The minimum absolute atomic E-state index is 0.0774. The quantitative estimate of drug-likeness (QED) is 0.140. The van der Waals surface area contributed by atoms with E-state index in [0.29, 0.717) is 35.5 Å². The van der Waals surface area contributed by atoms with Crippen LogP contribution in [0.25, 0.3) is 16.7 Å². The molecule has 0 amide bonds. The standard InChI is InChI=1S/C44H71NSi.C39H61NSi.C38H59NSi/c1-12-14-23-44(24-15-13-2)36-28-33-31(21-22-40(33)46(10,11)45(41(3,4)5)32-19-17-16-18-20-32)27-34(36)35-29-38-39(30-37(35)44)43(8,9)26-25-42(38,6)7;1-25-20-26-21-29-30-23-33-34(38(7,8)19-18-37(33,5)6)24-32(30)39(9,10)31(29)22-28(26)35(25)41(11,12)40(36(2,3)4)27-16-14-13-15-17-27;1-35(2,3)39(26-15-13-12-14-16-26)40(10,11)34-18-17-25-21-28-29-23-32-33(37(6,7)20-19-36(32,4)5)24-31(29)38(8,9)30(28)22-27(25)34/h27-33,40H,12-26H2,1-11H3;21-28,35H,13-20H2,1-12H3;21-27,34H,12-20H2,1-11H3. The maximum atomic E-state index is 3.17. The van der Waals surface area contributed by atoms with E-state index in [1.807, 2.05) is 0 Å². The highest BCUT2D eigenvalue weighted by molar-refractivity contribution is 6.77. The third-order valence-corrected chi connectivity index (χ3v) is 54.2.